The zero-order chi connectivity index (χ0) is 23.3. The van der Waals surface area contributed by atoms with E-state index in [1.165, 1.54) is 19.1 Å². The lowest BCUT2D eigenvalue weighted by Crippen LogP contribution is -2.36. The predicted octanol–water partition coefficient (Wildman–Crippen LogP) is 4.23. The summed E-state index contributed by atoms with van der Waals surface area (Å²) in [5.74, 6) is -1.99. The Morgan fingerprint density at radius 2 is 1.94 bits per heavy atom. The molecule has 1 heterocycles. The molecule has 0 aromatic heterocycles. The average molecular weight is 456 g/mol. The number of ketones is 1. The maximum Gasteiger partial charge on any atom is 0.343 e. The summed E-state index contributed by atoms with van der Waals surface area (Å²) < 4.78 is 19.4. The van der Waals surface area contributed by atoms with E-state index in [0.29, 0.717) is 17.1 Å². The van der Waals surface area contributed by atoms with E-state index >= 15 is 0 Å². The Labute approximate surface area is 189 Å². The number of esters is 1. The molecule has 0 saturated heterocycles. The second-order valence-electron chi connectivity index (χ2n) is 6.86. The van der Waals surface area contributed by atoms with Gasteiger partial charge in [0.2, 0.25) is 5.91 Å². The highest BCUT2D eigenvalue weighted by Crippen LogP contribution is 2.30. The third kappa shape index (κ3) is 5.42. The predicted molar refractivity (Wildman–Crippen MR) is 122 cm³/mol. The van der Waals surface area contributed by atoms with Gasteiger partial charge in [0.25, 0.3) is 0 Å². The number of carbonyl (C=O) groups excluding carboxylic acids is 3. The number of fused-ring (bicyclic) bond motifs is 1. The van der Waals surface area contributed by atoms with E-state index in [1.807, 2.05) is 6.07 Å². The van der Waals surface area contributed by atoms with Crippen molar-refractivity contribution < 1.29 is 23.5 Å². The summed E-state index contributed by atoms with van der Waals surface area (Å²) in [6.45, 7) is 4.89. The van der Waals surface area contributed by atoms with Crippen LogP contribution in [0.4, 0.5) is 15.8 Å². The number of thioether (sulfide) groups is 1. The molecule has 2 aromatic carbocycles. The first-order valence-corrected chi connectivity index (χ1v) is 10.8. The molecule has 0 atom stereocenters. The molecule has 0 fully saturated rings. The van der Waals surface area contributed by atoms with Gasteiger partial charge >= 0.3 is 5.97 Å². The van der Waals surface area contributed by atoms with Gasteiger partial charge in [-0.25, -0.2) is 14.2 Å². The SMILES string of the molecule is CCOC(=O)C1=C(C)Nc2ccccc2N=C1NC(=O)CSc1ccc(C(C)=O)cc1F. The largest absolute Gasteiger partial charge is 0.462 e. The number of allylic oxidation sites excluding steroid dienone is 1. The minimum absolute atomic E-state index is 0.0522. The first-order chi connectivity index (χ1) is 15.3. The highest BCUT2D eigenvalue weighted by Gasteiger charge is 2.26. The van der Waals surface area contributed by atoms with Crippen molar-refractivity contribution in [1.29, 1.82) is 0 Å². The molecular formula is C23H22FN3O4S. The molecule has 0 aliphatic carbocycles. The average Bonchev–Trinajstić information content (AvgIpc) is 2.87. The number of benzene rings is 2. The quantitative estimate of drug-likeness (QED) is 0.384. The van der Waals surface area contributed by atoms with Crippen molar-refractivity contribution in [1.82, 2.24) is 5.32 Å². The van der Waals surface area contributed by atoms with Gasteiger partial charge in [-0.3, -0.25) is 9.59 Å². The number of aliphatic imine (C=N–C) groups is 1. The summed E-state index contributed by atoms with van der Waals surface area (Å²) in [6.07, 6.45) is 0. The Morgan fingerprint density at radius 1 is 1.19 bits per heavy atom. The number of Topliss-reactive ketones (excluding diaryl/α,β-unsaturated/α-hetero) is 1. The number of nitrogens with one attached hydrogen (secondary N) is 2. The van der Waals surface area contributed by atoms with E-state index in [0.717, 1.165) is 17.8 Å². The molecule has 1 aliphatic heterocycles. The van der Waals surface area contributed by atoms with Crippen LogP contribution in [0, 0.1) is 5.82 Å². The number of nitrogens with zero attached hydrogens (tertiary/aromatic N) is 1. The van der Waals surface area contributed by atoms with Crippen LogP contribution in [0.25, 0.3) is 0 Å². The number of rotatable bonds is 6. The Balaban J connectivity index is 1.81. The molecule has 3 rings (SSSR count). The Hall–Kier alpha value is -3.46. The van der Waals surface area contributed by atoms with Crippen molar-refractivity contribution in [3.8, 4) is 0 Å². The lowest BCUT2D eigenvalue weighted by Gasteiger charge is -2.13. The zero-order valence-corrected chi connectivity index (χ0v) is 18.6. The van der Waals surface area contributed by atoms with Crippen LogP contribution >= 0.6 is 11.8 Å². The van der Waals surface area contributed by atoms with Gasteiger partial charge in [-0.15, -0.1) is 11.8 Å². The molecule has 0 saturated carbocycles. The van der Waals surface area contributed by atoms with Crippen LogP contribution in [0.3, 0.4) is 0 Å². The van der Waals surface area contributed by atoms with E-state index in [-0.39, 0.29) is 40.0 Å². The lowest BCUT2D eigenvalue weighted by molar-refractivity contribution is -0.137. The molecule has 1 aliphatic rings. The van der Waals surface area contributed by atoms with E-state index < -0.39 is 17.7 Å². The monoisotopic (exact) mass is 455 g/mol. The number of ether oxygens (including phenoxy) is 1. The summed E-state index contributed by atoms with van der Waals surface area (Å²) in [6, 6.07) is 11.3. The molecule has 1 amide bonds. The molecule has 2 aromatic rings. The number of amidine groups is 1. The first kappa shape index (κ1) is 23.2. The Kier molecular flexibility index (Phi) is 7.42. The molecule has 9 heteroatoms. The molecule has 0 radical (unpaired) electrons. The van der Waals surface area contributed by atoms with Gasteiger partial charge < -0.3 is 15.4 Å². The standard InChI is InChI=1S/C23H22FN3O4S/c1-4-31-23(30)21-13(2)25-17-7-5-6-8-18(17)26-22(21)27-20(29)12-32-19-10-9-15(14(3)28)11-16(19)24/h5-11,25H,4,12H2,1-3H3,(H,26,27,29). The maximum absolute atomic E-state index is 14.2. The summed E-state index contributed by atoms with van der Waals surface area (Å²) in [7, 11) is 0. The number of carbonyl (C=O) groups is 3. The molecular weight excluding hydrogens is 433 g/mol. The van der Waals surface area contributed by atoms with Crippen LogP contribution < -0.4 is 10.6 Å². The number of hydrogen-bond acceptors (Lipinski definition) is 7. The van der Waals surface area contributed by atoms with Gasteiger partial charge in [0.1, 0.15) is 17.2 Å². The number of anilines is 1. The van der Waals surface area contributed by atoms with Crippen molar-refractivity contribution in [3.05, 3.63) is 65.1 Å². The van der Waals surface area contributed by atoms with Crippen LogP contribution in [-0.4, -0.2) is 35.9 Å². The normalized spacial score (nSPS) is 12.8. The van der Waals surface area contributed by atoms with Crippen LogP contribution in [-0.2, 0) is 14.3 Å². The molecule has 0 bridgehead atoms. The summed E-state index contributed by atoms with van der Waals surface area (Å²) >= 11 is 0.974. The zero-order valence-electron chi connectivity index (χ0n) is 17.8. The van der Waals surface area contributed by atoms with Crippen molar-refractivity contribution in [2.24, 2.45) is 4.99 Å². The minimum atomic E-state index is -0.622. The number of para-hydroxylation sites is 2. The molecule has 0 unspecified atom stereocenters. The lowest BCUT2D eigenvalue weighted by atomic mass is 10.1. The fourth-order valence-electron chi connectivity index (χ4n) is 2.99. The molecule has 0 spiro atoms. The van der Waals surface area contributed by atoms with Crippen molar-refractivity contribution in [2.45, 2.75) is 25.7 Å². The van der Waals surface area contributed by atoms with Crippen LogP contribution in [0.5, 0.6) is 0 Å². The van der Waals surface area contributed by atoms with Gasteiger partial charge in [-0.2, -0.15) is 0 Å². The van der Waals surface area contributed by atoms with E-state index in [4.69, 9.17) is 4.74 Å². The van der Waals surface area contributed by atoms with Crippen molar-refractivity contribution >= 4 is 46.6 Å². The van der Waals surface area contributed by atoms with Crippen molar-refractivity contribution in [2.75, 3.05) is 17.7 Å². The third-order valence-electron chi connectivity index (χ3n) is 4.50. The van der Waals surface area contributed by atoms with Gasteiger partial charge in [0, 0.05) is 16.2 Å². The maximum atomic E-state index is 14.2. The van der Waals surface area contributed by atoms with Gasteiger partial charge in [0.15, 0.2) is 5.78 Å². The van der Waals surface area contributed by atoms with E-state index in [2.05, 4.69) is 15.6 Å². The van der Waals surface area contributed by atoms with Gasteiger partial charge in [-0.05, 0) is 45.0 Å². The Morgan fingerprint density at radius 3 is 2.62 bits per heavy atom. The van der Waals surface area contributed by atoms with Gasteiger partial charge in [-0.1, -0.05) is 18.2 Å². The topological polar surface area (TPSA) is 96.9 Å². The van der Waals surface area contributed by atoms with Crippen LogP contribution in [0.15, 0.2) is 63.6 Å². The molecule has 2 N–H and O–H groups in total. The highest BCUT2D eigenvalue weighted by atomic mass is 32.2. The highest BCUT2D eigenvalue weighted by molar-refractivity contribution is 8.00. The van der Waals surface area contributed by atoms with E-state index in [9.17, 15) is 18.8 Å². The van der Waals surface area contributed by atoms with E-state index in [1.54, 1.807) is 32.0 Å². The van der Waals surface area contributed by atoms with Crippen LogP contribution in [0.2, 0.25) is 0 Å². The fourth-order valence-corrected chi connectivity index (χ4v) is 3.71. The van der Waals surface area contributed by atoms with Crippen LogP contribution in [0.1, 0.15) is 31.1 Å². The summed E-state index contributed by atoms with van der Waals surface area (Å²) in [4.78, 5) is 41.3. The second-order valence-corrected chi connectivity index (χ2v) is 7.88. The van der Waals surface area contributed by atoms with Crippen molar-refractivity contribution in [3.63, 3.8) is 0 Å². The number of halogens is 1. The summed E-state index contributed by atoms with van der Waals surface area (Å²) in [5.41, 5.74) is 2.07. The molecule has 32 heavy (non-hydrogen) atoms. The number of hydrogen-bond donors (Lipinski definition) is 2. The fraction of sp³-hybridized carbons (Fsp3) is 0.217. The molecule has 166 valence electrons. The second kappa shape index (κ2) is 10.2. The first-order valence-electron chi connectivity index (χ1n) is 9.86. The Bertz CT molecular complexity index is 1140. The molecule has 7 nitrogen and oxygen atoms in total. The third-order valence-corrected chi connectivity index (χ3v) is 5.55. The van der Waals surface area contributed by atoms with Gasteiger partial charge in [0.05, 0.1) is 23.7 Å². The number of amides is 1. The summed E-state index contributed by atoms with van der Waals surface area (Å²) in [5, 5.41) is 5.78. The smallest absolute Gasteiger partial charge is 0.343 e. The minimum Gasteiger partial charge on any atom is -0.462 e.